The maximum Gasteiger partial charge on any atom is 0.119 e. The van der Waals surface area contributed by atoms with Crippen LogP contribution in [0.2, 0.25) is 0 Å². The number of hydrogen-bond acceptors (Lipinski definition) is 1. The molecule has 1 heteroatoms. The molecule has 0 spiro atoms. The zero-order chi connectivity index (χ0) is 13.8. The van der Waals surface area contributed by atoms with Gasteiger partial charge in [0.2, 0.25) is 0 Å². The van der Waals surface area contributed by atoms with Gasteiger partial charge in [0.15, 0.2) is 0 Å². The fraction of sp³-hybridized carbons (Fsp3) is 0.667. The topological polar surface area (TPSA) is 9.23 Å². The van der Waals surface area contributed by atoms with Gasteiger partial charge in [-0.15, -0.1) is 0 Å². The van der Waals surface area contributed by atoms with Crippen molar-refractivity contribution in [2.24, 2.45) is 0 Å². The monoisotopic (exact) mass is 262 g/mol. The molecule has 0 N–H and O–H groups in total. The highest BCUT2D eigenvalue weighted by Crippen LogP contribution is 2.15. The third-order valence-corrected chi connectivity index (χ3v) is 3.54. The van der Waals surface area contributed by atoms with Crippen molar-refractivity contribution in [3.63, 3.8) is 0 Å². The molecule has 1 aromatic rings. The lowest BCUT2D eigenvalue weighted by atomic mass is 10.1. The van der Waals surface area contributed by atoms with E-state index >= 15 is 0 Å². The number of rotatable bonds is 11. The maximum atomic E-state index is 5.87. The first-order chi connectivity index (χ1) is 9.33. The molecule has 1 nitrogen and oxygen atoms in total. The summed E-state index contributed by atoms with van der Waals surface area (Å²) in [5, 5.41) is 0. The van der Waals surface area contributed by atoms with Crippen molar-refractivity contribution in [1.82, 2.24) is 0 Å². The van der Waals surface area contributed by atoms with Gasteiger partial charge in [0.25, 0.3) is 0 Å². The molecule has 0 fully saturated rings. The molecule has 0 heterocycles. The molecule has 0 saturated heterocycles. The first kappa shape index (κ1) is 16.1. The Morgan fingerprint density at radius 1 is 0.842 bits per heavy atom. The minimum atomic E-state index is 0.336. The van der Waals surface area contributed by atoms with Crippen LogP contribution in [-0.2, 0) is 0 Å². The van der Waals surface area contributed by atoms with Gasteiger partial charge in [-0.05, 0) is 31.9 Å². The van der Waals surface area contributed by atoms with Gasteiger partial charge in [0, 0.05) is 0 Å². The predicted octanol–water partition coefficient (Wildman–Crippen LogP) is 5.98. The Hall–Kier alpha value is -0.980. The molecule has 1 rings (SSSR count). The molecule has 0 aliphatic carbocycles. The molecule has 0 bridgehead atoms. The minimum Gasteiger partial charge on any atom is -0.491 e. The summed E-state index contributed by atoms with van der Waals surface area (Å²) in [6.45, 7) is 4.45. The highest BCUT2D eigenvalue weighted by molar-refractivity contribution is 5.21. The SMILES string of the molecule is CCCCCCCCCCC(C)Oc1ccccc1. The van der Waals surface area contributed by atoms with E-state index in [2.05, 4.69) is 13.8 Å². The number of hydrogen-bond donors (Lipinski definition) is 0. The molecule has 0 radical (unpaired) electrons. The van der Waals surface area contributed by atoms with Crippen molar-refractivity contribution >= 4 is 0 Å². The quantitative estimate of drug-likeness (QED) is 0.445. The number of para-hydroxylation sites is 1. The van der Waals surface area contributed by atoms with Gasteiger partial charge in [-0.25, -0.2) is 0 Å². The van der Waals surface area contributed by atoms with Gasteiger partial charge >= 0.3 is 0 Å². The van der Waals surface area contributed by atoms with E-state index in [1.807, 2.05) is 30.3 Å². The van der Waals surface area contributed by atoms with E-state index in [9.17, 15) is 0 Å². The van der Waals surface area contributed by atoms with E-state index in [4.69, 9.17) is 4.74 Å². The van der Waals surface area contributed by atoms with E-state index in [0.717, 1.165) is 5.75 Å². The van der Waals surface area contributed by atoms with Crippen molar-refractivity contribution in [3.8, 4) is 5.75 Å². The number of ether oxygens (including phenoxy) is 1. The van der Waals surface area contributed by atoms with E-state index in [-0.39, 0.29) is 0 Å². The maximum absolute atomic E-state index is 5.87. The fourth-order valence-electron chi connectivity index (χ4n) is 2.36. The molecule has 1 unspecified atom stereocenters. The standard InChI is InChI=1S/C18H30O/c1-3-4-5-6-7-8-9-11-14-17(2)19-18-15-12-10-13-16-18/h10,12-13,15-17H,3-9,11,14H2,1-2H3. The average Bonchev–Trinajstić information content (AvgIpc) is 2.43. The van der Waals surface area contributed by atoms with Gasteiger partial charge < -0.3 is 4.74 Å². The molecular formula is C18H30O. The summed E-state index contributed by atoms with van der Waals surface area (Å²) < 4.78 is 5.87. The zero-order valence-electron chi connectivity index (χ0n) is 12.7. The van der Waals surface area contributed by atoms with Crippen LogP contribution in [0.15, 0.2) is 30.3 Å². The molecular weight excluding hydrogens is 232 g/mol. The van der Waals surface area contributed by atoms with E-state index in [0.29, 0.717) is 6.10 Å². The Morgan fingerprint density at radius 3 is 2.05 bits per heavy atom. The first-order valence-electron chi connectivity index (χ1n) is 8.04. The van der Waals surface area contributed by atoms with Crippen molar-refractivity contribution < 1.29 is 4.74 Å². The second-order valence-electron chi connectivity index (χ2n) is 5.51. The minimum absolute atomic E-state index is 0.336. The summed E-state index contributed by atoms with van der Waals surface area (Å²) in [5.41, 5.74) is 0. The summed E-state index contributed by atoms with van der Waals surface area (Å²) in [4.78, 5) is 0. The second-order valence-corrected chi connectivity index (χ2v) is 5.51. The van der Waals surface area contributed by atoms with Crippen LogP contribution in [0.3, 0.4) is 0 Å². The molecule has 0 aliphatic rings. The smallest absolute Gasteiger partial charge is 0.119 e. The van der Waals surface area contributed by atoms with Gasteiger partial charge in [-0.1, -0.05) is 70.1 Å². The lowest BCUT2D eigenvalue weighted by Gasteiger charge is -2.14. The van der Waals surface area contributed by atoms with Crippen molar-refractivity contribution in [1.29, 1.82) is 0 Å². The predicted molar refractivity (Wildman–Crippen MR) is 83.8 cm³/mol. The van der Waals surface area contributed by atoms with E-state index in [1.165, 1.54) is 57.8 Å². The van der Waals surface area contributed by atoms with Gasteiger partial charge in [0.1, 0.15) is 5.75 Å². The summed E-state index contributed by atoms with van der Waals surface area (Å²) in [7, 11) is 0. The fourth-order valence-corrected chi connectivity index (χ4v) is 2.36. The van der Waals surface area contributed by atoms with E-state index in [1.54, 1.807) is 0 Å². The first-order valence-corrected chi connectivity index (χ1v) is 8.04. The van der Waals surface area contributed by atoms with Crippen molar-refractivity contribution in [2.75, 3.05) is 0 Å². The van der Waals surface area contributed by atoms with Crippen LogP contribution in [0, 0.1) is 0 Å². The highest BCUT2D eigenvalue weighted by Gasteiger charge is 2.03. The molecule has 0 saturated carbocycles. The summed E-state index contributed by atoms with van der Waals surface area (Å²) in [6.07, 6.45) is 12.5. The van der Waals surface area contributed by atoms with Crippen LogP contribution in [0.1, 0.15) is 71.6 Å². The second kappa shape index (κ2) is 10.9. The third-order valence-electron chi connectivity index (χ3n) is 3.54. The molecule has 0 aliphatic heterocycles. The highest BCUT2D eigenvalue weighted by atomic mass is 16.5. The van der Waals surface area contributed by atoms with Crippen molar-refractivity contribution in [2.45, 2.75) is 77.7 Å². The lowest BCUT2D eigenvalue weighted by Crippen LogP contribution is -2.11. The Kier molecular flexibility index (Phi) is 9.22. The van der Waals surface area contributed by atoms with E-state index < -0.39 is 0 Å². The number of benzene rings is 1. The van der Waals surface area contributed by atoms with Gasteiger partial charge in [-0.2, -0.15) is 0 Å². The normalized spacial score (nSPS) is 12.3. The van der Waals surface area contributed by atoms with Gasteiger partial charge in [-0.3, -0.25) is 0 Å². The Bertz CT molecular complexity index is 294. The van der Waals surface area contributed by atoms with Crippen molar-refractivity contribution in [3.05, 3.63) is 30.3 Å². The van der Waals surface area contributed by atoms with Crippen LogP contribution < -0.4 is 4.74 Å². The number of unbranched alkanes of at least 4 members (excludes halogenated alkanes) is 7. The van der Waals surface area contributed by atoms with Crippen LogP contribution in [-0.4, -0.2) is 6.10 Å². The molecule has 0 aromatic heterocycles. The zero-order valence-corrected chi connectivity index (χ0v) is 12.7. The lowest BCUT2D eigenvalue weighted by molar-refractivity contribution is 0.206. The average molecular weight is 262 g/mol. The Labute approximate surface area is 119 Å². The van der Waals surface area contributed by atoms with Crippen LogP contribution in [0.5, 0.6) is 5.75 Å². The van der Waals surface area contributed by atoms with Crippen LogP contribution in [0.4, 0.5) is 0 Å². The van der Waals surface area contributed by atoms with Gasteiger partial charge in [0.05, 0.1) is 6.10 Å². The third kappa shape index (κ3) is 8.69. The summed E-state index contributed by atoms with van der Waals surface area (Å²) in [6, 6.07) is 10.1. The van der Waals surface area contributed by atoms with Crippen LogP contribution >= 0.6 is 0 Å². The molecule has 1 aromatic carbocycles. The molecule has 1 atom stereocenters. The molecule has 19 heavy (non-hydrogen) atoms. The largest absolute Gasteiger partial charge is 0.491 e. The molecule has 0 amide bonds. The Balaban J connectivity index is 1.94. The Morgan fingerprint density at radius 2 is 1.42 bits per heavy atom. The summed E-state index contributed by atoms with van der Waals surface area (Å²) in [5.74, 6) is 0.995. The molecule has 108 valence electrons. The summed E-state index contributed by atoms with van der Waals surface area (Å²) >= 11 is 0. The van der Waals surface area contributed by atoms with Crippen LogP contribution in [0.25, 0.3) is 0 Å².